The first-order valence-corrected chi connectivity index (χ1v) is 4.97. The van der Waals surface area contributed by atoms with Crippen LogP contribution in [0.25, 0.3) is 0 Å². The van der Waals surface area contributed by atoms with Crippen LogP contribution in [0.4, 0.5) is 0 Å². The maximum absolute atomic E-state index is 11.7. The molecule has 0 aliphatic heterocycles. The van der Waals surface area contributed by atoms with Gasteiger partial charge in [0.05, 0.1) is 0 Å². The standard InChI is InChI=1S/C11H18O4/c1-5-14-11(4,15-6-2)10(13)8-7-9(3)12/h7-8H,5-6H2,1-4H3. The number of hydrogen-bond acceptors (Lipinski definition) is 4. The molecular formula is C11H18O4. The molecule has 0 radical (unpaired) electrons. The predicted molar refractivity (Wildman–Crippen MR) is 56.5 cm³/mol. The maximum Gasteiger partial charge on any atom is 0.230 e. The van der Waals surface area contributed by atoms with Crippen molar-refractivity contribution in [2.45, 2.75) is 33.5 Å². The molecule has 0 heterocycles. The Kier molecular flexibility index (Phi) is 6.05. The SMILES string of the molecule is CCOC(C)(OCC)C(=O)C=CC(C)=O. The van der Waals surface area contributed by atoms with E-state index in [4.69, 9.17) is 9.47 Å². The van der Waals surface area contributed by atoms with Crippen molar-refractivity contribution in [3.63, 3.8) is 0 Å². The number of carbonyl (C=O) groups is 2. The van der Waals surface area contributed by atoms with Crippen molar-refractivity contribution in [3.8, 4) is 0 Å². The van der Waals surface area contributed by atoms with Crippen LogP contribution in [0.3, 0.4) is 0 Å². The quantitative estimate of drug-likeness (QED) is 0.476. The lowest BCUT2D eigenvalue weighted by Gasteiger charge is -2.26. The molecule has 0 aromatic heterocycles. The second-order valence-electron chi connectivity index (χ2n) is 3.12. The first kappa shape index (κ1) is 14.0. The summed E-state index contributed by atoms with van der Waals surface area (Å²) in [6, 6.07) is 0. The minimum Gasteiger partial charge on any atom is -0.344 e. The number of hydrogen-bond donors (Lipinski definition) is 0. The number of rotatable bonds is 7. The monoisotopic (exact) mass is 214 g/mol. The molecule has 0 aromatic carbocycles. The molecule has 0 fully saturated rings. The number of ketones is 2. The van der Waals surface area contributed by atoms with E-state index in [9.17, 15) is 9.59 Å². The average Bonchev–Trinajstić information content (AvgIpc) is 2.14. The largest absolute Gasteiger partial charge is 0.344 e. The Morgan fingerprint density at radius 3 is 1.93 bits per heavy atom. The topological polar surface area (TPSA) is 52.6 Å². The van der Waals surface area contributed by atoms with E-state index >= 15 is 0 Å². The van der Waals surface area contributed by atoms with Gasteiger partial charge in [-0.05, 0) is 39.8 Å². The summed E-state index contributed by atoms with van der Waals surface area (Å²) in [5.74, 6) is -1.82. The Bertz CT molecular complexity index is 249. The van der Waals surface area contributed by atoms with Crippen LogP contribution in [0, 0.1) is 0 Å². The summed E-state index contributed by atoms with van der Waals surface area (Å²) in [6.07, 6.45) is 2.40. The fourth-order valence-corrected chi connectivity index (χ4v) is 1.08. The molecule has 0 saturated heterocycles. The fourth-order valence-electron chi connectivity index (χ4n) is 1.08. The highest BCUT2D eigenvalue weighted by Gasteiger charge is 2.32. The molecule has 15 heavy (non-hydrogen) atoms. The zero-order valence-electron chi connectivity index (χ0n) is 9.70. The number of carbonyl (C=O) groups excluding carboxylic acids is 2. The van der Waals surface area contributed by atoms with E-state index in [1.54, 1.807) is 20.8 Å². The van der Waals surface area contributed by atoms with E-state index in [-0.39, 0.29) is 11.6 Å². The van der Waals surface area contributed by atoms with Gasteiger partial charge in [0.25, 0.3) is 0 Å². The van der Waals surface area contributed by atoms with Crippen LogP contribution >= 0.6 is 0 Å². The summed E-state index contributed by atoms with van der Waals surface area (Å²) in [5, 5.41) is 0. The Balaban J connectivity index is 4.61. The van der Waals surface area contributed by atoms with Crippen molar-refractivity contribution in [1.82, 2.24) is 0 Å². The number of allylic oxidation sites excluding steroid dienone is 1. The van der Waals surface area contributed by atoms with E-state index in [0.717, 1.165) is 0 Å². The minimum absolute atomic E-state index is 0.182. The van der Waals surface area contributed by atoms with Crippen molar-refractivity contribution in [2.75, 3.05) is 13.2 Å². The molecule has 86 valence electrons. The minimum atomic E-state index is -1.28. The van der Waals surface area contributed by atoms with Crippen molar-refractivity contribution in [3.05, 3.63) is 12.2 Å². The van der Waals surface area contributed by atoms with Crippen molar-refractivity contribution in [2.24, 2.45) is 0 Å². The lowest BCUT2D eigenvalue weighted by atomic mass is 10.1. The van der Waals surface area contributed by atoms with E-state index in [0.29, 0.717) is 13.2 Å². The molecule has 0 aromatic rings. The molecule has 4 nitrogen and oxygen atoms in total. The van der Waals surface area contributed by atoms with Gasteiger partial charge in [-0.2, -0.15) is 0 Å². The van der Waals surface area contributed by atoms with E-state index in [2.05, 4.69) is 0 Å². The average molecular weight is 214 g/mol. The fraction of sp³-hybridized carbons (Fsp3) is 0.636. The van der Waals surface area contributed by atoms with Gasteiger partial charge in [0.1, 0.15) is 0 Å². The van der Waals surface area contributed by atoms with E-state index < -0.39 is 5.79 Å². The molecule has 0 rings (SSSR count). The van der Waals surface area contributed by atoms with Gasteiger partial charge in [-0.15, -0.1) is 0 Å². The smallest absolute Gasteiger partial charge is 0.230 e. The van der Waals surface area contributed by atoms with Crippen LogP contribution in [-0.4, -0.2) is 30.6 Å². The third kappa shape index (κ3) is 4.85. The normalized spacial score (nSPS) is 12.0. The Morgan fingerprint density at radius 2 is 1.60 bits per heavy atom. The molecular weight excluding hydrogens is 196 g/mol. The molecule has 0 unspecified atom stereocenters. The summed E-state index contributed by atoms with van der Waals surface area (Å²) in [7, 11) is 0. The van der Waals surface area contributed by atoms with Crippen molar-refractivity contribution in [1.29, 1.82) is 0 Å². The summed E-state index contributed by atoms with van der Waals surface area (Å²) in [6.45, 7) is 7.22. The Morgan fingerprint density at radius 1 is 1.13 bits per heavy atom. The van der Waals surface area contributed by atoms with E-state index in [1.807, 2.05) is 0 Å². The Labute approximate surface area is 90.2 Å². The first-order chi connectivity index (χ1) is 6.96. The lowest BCUT2D eigenvalue weighted by molar-refractivity contribution is -0.212. The van der Waals surface area contributed by atoms with E-state index in [1.165, 1.54) is 19.1 Å². The molecule has 0 aliphatic carbocycles. The summed E-state index contributed by atoms with van der Waals surface area (Å²) < 4.78 is 10.5. The summed E-state index contributed by atoms with van der Waals surface area (Å²) >= 11 is 0. The molecule has 4 heteroatoms. The third-order valence-electron chi connectivity index (χ3n) is 1.76. The van der Waals surface area contributed by atoms with Crippen molar-refractivity contribution < 1.29 is 19.1 Å². The first-order valence-electron chi connectivity index (χ1n) is 4.97. The molecule has 0 atom stereocenters. The van der Waals surface area contributed by atoms with Crippen LogP contribution in [-0.2, 0) is 19.1 Å². The Hall–Kier alpha value is -1.00. The van der Waals surface area contributed by atoms with Gasteiger partial charge in [-0.3, -0.25) is 9.59 Å². The summed E-state index contributed by atoms with van der Waals surface area (Å²) in [4.78, 5) is 22.3. The van der Waals surface area contributed by atoms with Gasteiger partial charge in [0.2, 0.25) is 11.6 Å². The van der Waals surface area contributed by atoms with Gasteiger partial charge in [0.15, 0.2) is 5.78 Å². The van der Waals surface area contributed by atoms with Crippen molar-refractivity contribution >= 4 is 11.6 Å². The molecule has 0 amide bonds. The van der Waals surface area contributed by atoms with Gasteiger partial charge < -0.3 is 9.47 Å². The molecule has 0 spiro atoms. The molecule has 0 bridgehead atoms. The zero-order valence-corrected chi connectivity index (χ0v) is 9.70. The predicted octanol–water partition coefficient (Wildman–Crippen LogP) is 1.49. The van der Waals surface area contributed by atoms with Crippen LogP contribution in [0.5, 0.6) is 0 Å². The molecule has 0 N–H and O–H groups in total. The van der Waals surface area contributed by atoms with Crippen LogP contribution in [0.1, 0.15) is 27.7 Å². The highest BCUT2D eigenvalue weighted by Crippen LogP contribution is 2.14. The van der Waals surface area contributed by atoms with Crippen LogP contribution < -0.4 is 0 Å². The highest BCUT2D eigenvalue weighted by atomic mass is 16.7. The zero-order chi connectivity index (χ0) is 11.9. The van der Waals surface area contributed by atoms with Gasteiger partial charge in [0, 0.05) is 13.2 Å². The van der Waals surface area contributed by atoms with Gasteiger partial charge in [-0.25, -0.2) is 0 Å². The maximum atomic E-state index is 11.7. The molecule has 0 aliphatic rings. The third-order valence-corrected chi connectivity index (χ3v) is 1.76. The second-order valence-corrected chi connectivity index (χ2v) is 3.12. The van der Waals surface area contributed by atoms with Crippen LogP contribution in [0.15, 0.2) is 12.2 Å². The van der Waals surface area contributed by atoms with Gasteiger partial charge in [-0.1, -0.05) is 0 Å². The highest BCUT2D eigenvalue weighted by molar-refractivity contribution is 6.01. The lowest BCUT2D eigenvalue weighted by Crippen LogP contribution is -2.40. The number of ether oxygens (including phenoxy) is 2. The molecule has 0 saturated carbocycles. The second kappa shape index (κ2) is 6.48. The van der Waals surface area contributed by atoms with Gasteiger partial charge >= 0.3 is 0 Å². The summed E-state index contributed by atoms with van der Waals surface area (Å²) in [5.41, 5.74) is 0. The van der Waals surface area contributed by atoms with Crippen LogP contribution in [0.2, 0.25) is 0 Å².